The second kappa shape index (κ2) is 8.05. The van der Waals surface area contributed by atoms with Gasteiger partial charge in [0, 0.05) is 20.0 Å². The Kier molecular flexibility index (Phi) is 6.08. The summed E-state index contributed by atoms with van der Waals surface area (Å²) < 4.78 is 20.8. The largest absolute Gasteiger partial charge is 0.494 e. The lowest BCUT2D eigenvalue weighted by Crippen LogP contribution is -2.30. The molecule has 0 fully saturated rings. The molecule has 24 heavy (non-hydrogen) atoms. The normalized spacial score (nSPS) is 10.7. The van der Waals surface area contributed by atoms with Crippen molar-refractivity contribution in [1.29, 1.82) is 0 Å². The molecule has 0 radical (unpaired) electrons. The Balaban J connectivity index is 2.06. The first-order chi connectivity index (χ1) is 11.5. The molecule has 0 aliphatic heterocycles. The van der Waals surface area contributed by atoms with Crippen molar-refractivity contribution in [3.63, 3.8) is 0 Å². The first-order valence-electron chi connectivity index (χ1n) is 7.66. The van der Waals surface area contributed by atoms with Gasteiger partial charge in [-0.2, -0.15) is 5.10 Å². The number of nitrogens with zero attached hydrogens (tertiary/aromatic N) is 3. The number of hydrogen-bond acceptors (Lipinski definition) is 4. The number of ether oxygens (including phenoxy) is 1. The number of methoxy groups -OCH3 is 1. The third kappa shape index (κ3) is 4.19. The number of carbonyl (C=O) groups is 1. The highest BCUT2D eigenvalue weighted by Crippen LogP contribution is 2.18. The summed E-state index contributed by atoms with van der Waals surface area (Å²) in [6, 6.07) is 4.65. The van der Waals surface area contributed by atoms with Crippen molar-refractivity contribution in [2.75, 3.05) is 14.2 Å². The number of aromatic amines is 1. The molecule has 0 spiro atoms. The summed E-state index contributed by atoms with van der Waals surface area (Å²) in [5.41, 5.74) is 0.689. The predicted molar refractivity (Wildman–Crippen MR) is 90.8 cm³/mol. The average molecular weight is 352 g/mol. The molecule has 0 aliphatic carbocycles. The van der Waals surface area contributed by atoms with Gasteiger partial charge in [0.15, 0.2) is 16.3 Å². The third-order valence-electron chi connectivity index (χ3n) is 3.67. The van der Waals surface area contributed by atoms with Gasteiger partial charge in [0.2, 0.25) is 5.91 Å². The van der Waals surface area contributed by atoms with Crippen molar-refractivity contribution in [3.05, 3.63) is 40.2 Å². The molecule has 1 heterocycles. The van der Waals surface area contributed by atoms with Crippen LogP contribution in [0.3, 0.4) is 0 Å². The van der Waals surface area contributed by atoms with Gasteiger partial charge in [-0.05, 0) is 36.3 Å². The molecule has 0 aliphatic rings. The van der Waals surface area contributed by atoms with Crippen LogP contribution in [-0.2, 0) is 24.3 Å². The first-order valence-corrected chi connectivity index (χ1v) is 8.07. The minimum atomic E-state index is -0.446. The van der Waals surface area contributed by atoms with Crippen LogP contribution in [0.4, 0.5) is 4.39 Å². The van der Waals surface area contributed by atoms with Crippen LogP contribution in [0.25, 0.3) is 0 Å². The number of aryl methyl sites for hydroxylation is 1. The first kappa shape index (κ1) is 18.1. The monoisotopic (exact) mass is 352 g/mol. The van der Waals surface area contributed by atoms with E-state index in [1.807, 2.05) is 6.92 Å². The average Bonchev–Trinajstić information content (AvgIpc) is 2.88. The summed E-state index contributed by atoms with van der Waals surface area (Å²) in [5, 5.41) is 6.86. The molecule has 1 aromatic heterocycles. The van der Waals surface area contributed by atoms with Crippen LogP contribution in [0, 0.1) is 10.6 Å². The van der Waals surface area contributed by atoms with Gasteiger partial charge in [-0.3, -0.25) is 14.5 Å². The quantitative estimate of drug-likeness (QED) is 0.778. The number of benzene rings is 1. The summed E-state index contributed by atoms with van der Waals surface area (Å²) in [5.74, 6) is 0.376. The van der Waals surface area contributed by atoms with Crippen LogP contribution in [0.5, 0.6) is 5.75 Å². The van der Waals surface area contributed by atoms with E-state index < -0.39 is 5.82 Å². The maximum absolute atomic E-state index is 13.7. The zero-order valence-electron chi connectivity index (χ0n) is 14.0. The van der Waals surface area contributed by atoms with Crippen LogP contribution < -0.4 is 4.74 Å². The van der Waals surface area contributed by atoms with E-state index in [0.29, 0.717) is 16.9 Å². The van der Waals surface area contributed by atoms with E-state index in [2.05, 4.69) is 10.2 Å². The molecule has 1 amide bonds. The molecular formula is C16H21FN4O2S. The van der Waals surface area contributed by atoms with Crippen molar-refractivity contribution in [2.24, 2.45) is 0 Å². The number of rotatable bonds is 7. The molecule has 0 unspecified atom stereocenters. The lowest BCUT2D eigenvalue weighted by atomic mass is 10.2. The summed E-state index contributed by atoms with van der Waals surface area (Å²) in [6.45, 7) is 2.45. The van der Waals surface area contributed by atoms with Crippen LogP contribution in [0.15, 0.2) is 18.2 Å². The SMILES string of the molecule is CCCc1n[nH]c(=S)n1CC(=O)N(C)Cc1ccc(OC)c(F)c1. The van der Waals surface area contributed by atoms with Gasteiger partial charge in [-0.15, -0.1) is 0 Å². The Morgan fingerprint density at radius 1 is 1.50 bits per heavy atom. The Hall–Kier alpha value is -2.22. The highest BCUT2D eigenvalue weighted by molar-refractivity contribution is 7.71. The van der Waals surface area contributed by atoms with E-state index in [1.54, 1.807) is 23.7 Å². The van der Waals surface area contributed by atoms with E-state index >= 15 is 0 Å². The number of amides is 1. The standard InChI is InChI=1S/C16H21FN4O2S/c1-4-5-14-18-19-16(24)21(14)10-15(22)20(2)9-11-6-7-13(23-3)12(17)8-11/h6-8H,4-5,9-10H2,1-3H3,(H,19,24). The van der Waals surface area contributed by atoms with Crippen LogP contribution in [0.2, 0.25) is 0 Å². The van der Waals surface area contributed by atoms with Gasteiger partial charge >= 0.3 is 0 Å². The van der Waals surface area contributed by atoms with Crippen LogP contribution >= 0.6 is 12.2 Å². The van der Waals surface area contributed by atoms with Crippen molar-refractivity contribution >= 4 is 18.1 Å². The molecule has 130 valence electrons. The van der Waals surface area contributed by atoms with E-state index in [9.17, 15) is 9.18 Å². The van der Waals surface area contributed by atoms with Crippen LogP contribution in [-0.4, -0.2) is 39.7 Å². The van der Waals surface area contributed by atoms with E-state index in [1.165, 1.54) is 18.1 Å². The van der Waals surface area contributed by atoms with Gasteiger partial charge in [0.25, 0.3) is 0 Å². The molecule has 2 rings (SSSR count). The van der Waals surface area contributed by atoms with Gasteiger partial charge in [0.1, 0.15) is 12.4 Å². The Labute approximate surface area is 145 Å². The number of aromatic nitrogens is 3. The third-order valence-corrected chi connectivity index (χ3v) is 3.98. The van der Waals surface area contributed by atoms with E-state index in [0.717, 1.165) is 18.7 Å². The van der Waals surface area contributed by atoms with Gasteiger partial charge in [-0.1, -0.05) is 13.0 Å². The van der Waals surface area contributed by atoms with Crippen molar-refractivity contribution < 1.29 is 13.9 Å². The minimum absolute atomic E-state index is 0.111. The minimum Gasteiger partial charge on any atom is -0.494 e. The fraction of sp³-hybridized carbons (Fsp3) is 0.438. The Morgan fingerprint density at radius 2 is 2.25 bits per heavy atom. The molecule has 0 saturated carbocycles. The smallest absolute Gasteiger partial charge is 0.242 e. The van der Waals surface area contributed by atoms with E-state index in [-0.39, 0.29) is 18.2 Å². The fourth-order valence-electron chi connectivity index (χ4n) is 2.35. The second-order valence-corrected chi connectivity index (χ2v) is 5.89. The number of hydrogen-bond donors (Lipinski definition) is 1. The lowest BCUT2D eigenvalue weighted by Gasteiger charge is -2.18. The maximum atomic E-state index is 13.7. The molecule has 0 saturated heterocycles. The van der Waals surface area contributed by atoms with Gasteiger partial charge in [0.05, 0.1) is 7.11 Å². The zero-order chi connectivity index (χ0) is 17.7. The van der Waals surface area contributed by atoms with Crippen molar-refractivity contribution in [1.82, 2.24) is 19.7 Å². The van der Waals surface area contributed by atoms with Gasteiger partial charge < -0.3 is 9.64 Å². The molecule has 1 aromatic carbocycles. The molecule has 0 bridgehead atoms. The number of likely N-dealkylation sites (N-methyl/N-ethyl adjacent to an activating group) is 1. The maximum Gasteiger partial charge on any atom is 0.242 e. The summed E-state index contributed by atoms with van der Waals surface area (Å²) in [4.78, 5) is 14.0. The summed E-state index contributed by atoms with van der Waals surface area (Å²) in [6.07, 6.45) is 1.66. The molecule has 6 nitrogen and oxygen atoms in total. The van der Waals surface area contributed by atoms with Gasteiger partial charge in [-0.25, -0.2) is 4.39 Å². The molecule has 2 aromatic rings. The summed E-state index contributed by atoms with van der Waals surface area (Å²) in [7, 11) is 3.09. The molecule has 8 heteroatoms. The highest BCUT2D eigenvalue weighted by atomic mass is 32.1. The fourth-order valence-corrected chi connectivity index (χ4v) is 2.57. The number of H-pyrrole nitrogens is 1. The Morgan fingerprint density at radius 3 is 2.88 bits per heavy atom. The topological polar surface area (TPSA) is 63.2 Å². The number of nitrogens with one attached hydrogen (secondary N) is 1. The Bertz CT molecular complexity index is 772. The molecule has 0 atom stereocenters. The van der Waals surface area contributed by atoms with Crippen LogP contribution in [0.1, 0.15) is 24.7 Å². The predicted octanol–water partition coefficient (Wildman–Crippen LogP) is 2.70. The lowest BCUT2D eigenvalue weighted by molar-refractivity contribution is -0.131. The van der Waals surface area contributed by atoms with E-state index in [4.69, 9.17) is 17.0 Å². The second-order valence-electron chi connectivity index (χ2n) is 5.50. The summed E-state index contributed by atoms with van der Waals surface area (Å²) >= 11 is 5.18. The molecule has 1 N–H and O–H groups in total. The highest BCUT2D eigenvalue weighted by Gasteiger charge is 2.15. The number of halogens is 1. The zero-order valence-corrected chi connectivity index (χ0v) is 14.8. The van der Waals surface area contributed by atoms with Crippen molar-refractivity contribution in [2.45, 2.75) is 32.9 Å². The van der Waals surface area contributed by atoms with Crippen molar-refractivity contribution in [3.8, 4) is 5.75 Å². The number of carbonyl (C=O) groups excluding carboxylic acids is 1. The molecular weight excluding hydrogens is 331 g/mol.